The number of hydrogen-bond donors (Lipinski definition) is 1. The van der Waals surface area contributed by atoms with E-state index in [1.54, 1.807) is 0 Å². The van der Waals surface area contributed by atoms with Crippen molar-refractivity contribution in [2.24, 2.45) is 5.92 Å². The van der Waals surface area contributed by atoms with Crippen LogP contribution in [0.1, 0.15) is 57.8 Å². The smallest absolute Gasteiger partial charge is 0.229 e. The molecule has 2 unspecified atom stereocenters. The van der Waals surface area contributed by atoms with Crippen molar-refractivity contribution in [2.45, 2.75) is 46.1 Å². The maximum absolute atomic E-state index is 5.46. The fourth-order valence-corrected chi connectivity index (χ4v) is 2.45. The summed E-state index contributed by atoms with van der Waals surface area (Å²) in [5, 5.41) is 7.60. The first kappa shape index (κ1) is 14.5. The van der Waals surface area contributed by atoms with E-state index in [-0.39, 0.29) is 0 Å². The van der Waals surface area contributed by atoms with Crippen LogP contribution in [0.5, 0.6) is 0 Å². The first-order chi connectivity index (χ1) is 9.13. The molecule has 1 N–H and O–H groups in total. The molecular formula is C14H26N4O. The summed E-state index contributed by atoms with van der Waals surface area (Å²) >= 11 is 0. The molecule has 2 heterocycles. The van der Waals surface area contributed by atoms with Gasteiger partial charge in [-0.2, -0.15) is 4.98 Å². The van der Waals surface area contributed by atoms with Gasteiger partial charge in [0.1, 0.15) is 0 Å². The van der Waals surface area contributed by atoms with Crippen molar-refractivity contribution < 1.29 is 4.52 Å². The molecular weight excluding hydrogens is 240 g/mol. The Bertz CT molecular complexity index is 385. The monoisotopic (exact) mass is 266 g/mol. The Morgan fingerprint density at radius 3 is 2.53 bits per heavy atom. The van der Waals surface area contributed by atoms with Crippen LogP contribution in [-0.2, 0) is 0 Å². The van der Waals surface area contributed by atoms with Gasteiger partial charge in [-0.1, -0.05) is 32.9 Å². The highest BCUT2D eigenvalue weighted by molar-refractivity contribution is 4.99. The lowest BCUT2D eigenvalue weighted by Crippen LogP contribution is -2.45. The SMILES string of the molecule is CCC(c1noc(C(C)C(C)C)n1)N1CCNCC1. The molecule has 1 fully saturated rings. The number of piperazine rings is 1. The Hall–Kier alpha value is -0.940. The van der Waals surface area contributed by atoms with Crippen molar-refractivity contribution in [3.63, 3.8) is 0 Å². The summed E-state index contributed by atoms with van der Waals surface area (Å²) in [7, 11) is 0. The van der Waals surface area contributed by atoms with Crippen LogP contribution >= 0.6 is 0 Å². The lowest BCUT2D eigenvalue weighted by molar-refractivity contribution is 0.160. The molecule has 19 heavy (non-hydrogen) atoms. The average molecular weight is 266 g/mol. The quantitative estimate of drug-likeness (QED) is 0.885. The van der Waals surface area contributed by atoms with Crippen LogP contribution in [0.15, 0.2) is 4.52 Å². The van der Waals surface area contributed by atoms with Gasteiger partial charge in [-0.3, -0.25) is 4.90 Å². The zero-order valence-electron chi connectivity index (χ0n) is 12.5. The number of aromatic nitrogens is 2. The van der Waals surface area contributed by atoms with E-state index in [1.165, 1.54) is 0 Å². The van der Waals surface area contributed by atoms with Crippen molar-refractivity contribution in [1.29, 1.82) is 0 Å². The summed E-state index contributed by atoms with van der Waals surface area (Å²) in [6.45, 7) is 12.9. The molecule has 0 amide bonds. The van der Waals surface area contributed by atoms with Crippen LogP contribution < -0.4 is 5.32 Å². The van der Waals surface area contributed by atoms with Gasteiger partial charge in [0, 0.05) is 32.1 Å². The molecule has 0 bridgehead atoms. The maximum atomic E-state index is 5.46. The van der Waals surface area contributed by atoms with E-state index in [2.05, 4.69) is 48.1 Å². The molecule has 1 aromatic heterocycles. The van der Waals surface area contributed by atoms with Crippen molar-refractivity contribution in [3.8, 4) is 0 Å². The fraction of sp³-hybridized carbons (Fsp3) is 0.857. The van der Waals surface area contributed by atoms with Gasteiger partial charge in [-0.15, -0.1) is 0 Å². The highest BCUT2D eigenvalue weighted by Crippen LogP contribution is 2.26. The van der Waals surface area contributed by atoms with Crippen LogP contribution in [0.25, 0.3) is 0 Å². The van der Waals surface area contributed by atoms with Crippen molar-refractivity contribution in [2.75, 3.05) is 26.2 Å². The van der Waals surface area contributed by atoms with Crippen LogP contribution in [0.2, 0.25) is 0 Å². The first-order valence-electron chi connectivity index (χ1n) is 7.41. The van der Waals surface area contributed by atoms with E-state index < -0.39 is 0 Å². The molecule has 0 spiro atoms. The Kier molecular flexibility index (Phi) is 4.93. The van der Waals surface area contributed by atoms with Gasteiger partial charge in [0.25, 0.3) is 0 Å². The molecule has 0 radical (unpaired) electrons. The molecule has 108 valence electrons. The first-order valence-corrected chi connectivity index (χ1v) is 7.41. The van der Waals surface area contributed by atoms with Gasteiger partial charge in [0.15, 0.2) is 5.82 Å². The molecule has 1 aromatic rings. The van der Waals surface area contributed by atoms with Crippen LogP contribution in [-0.4, -0.2) is 41.2 Å². The highest BCUT2D eigenvalue weighted by Gasteiger charge is 2.26. The number of hydrogen-bond acceptors (Lipinski definition) is 5. The highest BCUT2D eigenvalue weighted by atomic mass is 16.5. The predicted molar refractivity (Wildman–Crippen MR) is 75.0 cm³/mol. The van der Waals surface area contributed by atoms with E-state index in [0.29, 0.717) is 17.9 Å². The molecule has 0 aromatic carbocycles. The molecule has 0 saturated carbocycles. The van der Waals surface area contributed by atoms with Gasteiger partial charge < -0.3 is 9.84 Å². The van der Waals surface area contributed by atoms with Crippen molar-refractivity contribution in [1.82, 2.24) is 20.4 Å². The Balaban J connectivity index is 2.10. The number of rotatable bonds is 5. The molecule has 1 aliphatic rings. The van der Waals surface area contributed by atoms with Gasteiger partial charge in [-0.05, 0) is 12.3 Å². The van der Waals surface area contributed by atoms with Crippen molar-refractivity contribution >= 4 is 0 Å². The molecule has 1 aliphatic heterocycles. The van der Waals surface area contributed by atoms with Gasteiger partial charge in [0.2, 0.25) is 5.89 Å². The molecule has 5 nitrogen and oxygen atoms in total. The Labute approximate surface area is 115 Å². The zero-order valence-corrected chi connectivity index (χ0v) is 12.5. The normalized spacial score (nSPS) is 20.7. The third-order valence-electron chi connectivity index (χ3n) is 4.12. The summed E-state index contributed by atoms with van der Waals surface area (Å²) in [6.07, 6.45) is 1.02. The largest absolute Gasteiger partial charge is 0.339 e. The standard InChI is InChI=1S/C14H26N4O/c1-5-12(18-8-6-15-7-9-18)13-16-14(19-17-13)11(4)10(2)3/h10-12,15H,5-9H2,1-4H3. The number of nitrogens with one attached hydrogen (secondary N) is 1. The summed E-state index contributed by atoms with van der Waals surface area (Å²) < 4.78 is 5.46. The van der Waals surface area contributed by atoms with Gasteiger partial charge >= 0.3 is 0 Å². The van der Waals surface area contributed by atoms with Crippen LogP contribution in [0.4, 0.5) is 0 Å². The summed E-state index contributed by atoms with van der Waals surface area (Å²) in [6, 6.07) is 0.291. The van der Waals surface area contributed by atoms with Crippen LogP contribution in [0, 0.1) is 5.92 Å². The minimum atomic E-state index is 0.291. The lowest BCUT2D eigenvalue weighted by atomic mass is 9.98. The van der Waals surface area contributed by atoms with Crippen LogP contribution in [0.3, 0.4) is 0 Å². The molecule has 1 saturated heterocycles. The summed E-state index contributed by atoms with van der Waals surface area (Å²) in [5.74, 6) is 2.47. The topological polar surface area (TPSA) is 54.2 Å². The second-order valence-electron chi connectivity index (χ2n) is 5.73. The fourth-order valence-electron chi connectivity index (χ4n) is 2.45. The van der Waals surface area contributed by atoms with E-state index in [0.717, 1.165) is 44.3 Å². The van der Waals surface area contributed by atoms with E-state index >= 15 is 0 Å². The molecule has 2 atom stereocenters. The minimum absolute atomic E-state index is 0.291. The number of nitrogens with zero attached hydrogens (tertiary/aromatic N) is 3. The molecule has 2 rings (SSSR count). The zero-order chi connectivity index (χ0) is 13.8. The Morgan fingerprint density at radius 1 is 1.26 bits per heavy atom. The average Bonchev–Trinajstić information content (AvgIpc) is 2.89. The third kappa shape index (κ3) is 3.34. The lowest BCUT2D eigenvalue weighted by Gasteiger charge is -2.32. The predicted octanol–water partition coefficient (Wildman–Crippen LogP) is 2.19. The van der Waals surface area contributed by atoms with Crippen molar-refractivity contribution in [3.05, 3.63) is 11.7 Å². The Morgan fingerprint density at radius 2 is 1.95 bits per heavy atom. The minimum Gasteiger partial charge on any atom is -0.339 e. The summed E-state index contributed by atoms with van der Waals surface area (Å²) in [5.41, 5.74) is 0. The molecule has 0 aliphatic carbocycles. The second-order valence-corrected chi connectivity index (χ2v) is 5.73. The third-order valence-corrected chi connectivity index (χ3v) is 4.12. The van der Waals surface area contributed by atoms with Gasteiger partial charge in [-0.25, -0.2) is 0 Å². The van der Waals surface area contributed by atoms with E-state index in [4.69, 9.17) is 4.52 Å². The van der Waals surface area contributed by atoms with E-state index in [9.17, 15) is 0 Å². The maximum Gasteiger partial charge on any atom is 0.229 e. The second kappa shape index (κ2) is 6.48. The molecule has 5 heteroatoms. The summed E-state index contributed by atoms with van der Waals surface area (Å²) in [4.78, 5) is 7.09. The van der Waals surface area contributed by atoms with Gasteiger partial charge in [0.05, 0.1) is 6.04 Å². The van der Waals surface area contributed by atoms with E-state index in [1.807, 2.05) is 0 Å².